The normalized spacial score (nSPS) is 14.8. The number of hydrogen-bond acceptors (Lipinski definition) is 6. The van der Waals surface area contributed by atoms with Gasteiger partial charge in [-0.3, -0.25) is 4.79 Å². The second-order valence-electron chi connectivity index (χ2n) is 7.06. The van der Waals surface area contributed by atoms with Crippen molar-refractivity contribution in [1.82, 2.24) is 4.31 Å². The molecule has 31 heavy (non-hydrogen) atoms. The number of carbonyl (C=O) groups is 2. The van der Waals surface area contributed by atoms with E-state index in [1.807, 2.05) is 6.92 Å². The Hall–Kier alpha value is -2.42. The van der Waals surface area contributed by atoms with Gasteiger partial charge in [-0.25, -0.2) is 13.2 Å². The maximum absolute atomic E-state index is 12.9. The van der Waals surface area contributed by atoms with Crippen LogP contribution in [-0.4, -0.2) is 50.8 Å². The van der Waals surface area contributed by atoms with Gasteiger partial charge in [-0.05, 0) is 62.2 Å². The molecule has 166 valence electrons. The van der Waals surface area contributed by atoms with Gasteiger partial charge in [-0.1, -0.05) is 18.0 Å². The minimum Gasteiger partial charge on any atom is -0.494 e. The van der Waals surface area contributed by atoms with Gasteiger partial charge in [0.1, 0.15) is 5.75 Å². The first-order valence-corrected chi connectivity index (χ1v) is 11.9. The van der Waals surface area contributed by atoms with Crippen LogP contribution in [0.1, 0.15) is 46.9 Å². The van der Waals surface area contributed by atoms with E-state index < -0.39 is 28.4 Å². The Bertz CT molecular complexity index is 1050. The van der Waals surface area contributed by atoms with Gasteiger partial charge < -0.3 is 9.47 Å². The highest BCUT2D eigenvalue weighted by atomic mass is 35.5. The third kappa shape index (κ3) is 5.64. The fourth-order valence-corrected chi connectivity index (χ4v) is 5.01. The summed E-state index contributed by atoms with van der Waals surface area (Å²) >= 11 is 6.10. The van der Waals surface area contributed by atoms with E-state index >= 15 is 0 Å². The van der Waals surface area contributed by atoms with Crippen LogP contribution in [0.15, 0.2) is 47.4 Å². The third-order valence-corrected chi connectivity index (χ3v) is 7.16. The van der Waals surface area contributed by atoms with Crippen molar-refractivity contribution in [2.45, 2.75) is 31.1 Å². The minimum atomic E-state index is -3.73. The SMILES string of the molecule is CCOc1ccc(C(=O)COC(=O)c2cc(S(=O)(=O)N3CCCCC3)ccc2Cl)cc1. The number of rotatable bonds is 8. The number of halogens is 1. The highest BCUT2D eigenvalue weighted by Gasteiger charge is 2.27. The summed E-state index contributed by atoms with van der Waals surface area (Å²) in [4.78, 5) is 24.8. The minimum absolute atomic E-state index is 0.0245. The van der Waals surface area contributed by atoms with E-state index in [1.165, 1.54) is 22.5 Å². The number of Topliss-reactive ketones (excluding diaryl/α,β-unsaturated/α-hetero) is 1. The number of sulfonamides is 1. The summed E-state index contributed by atoms with van der Waals surface area (Å²) in [5, 5.41) is 0.0520. The highest BCUT2D eigenvalue weighted by Crippen LogP contribution is 2.25. The zero-order valence-corrected chi connectivity index (χ0v) is 18.7. The Morgan fingerprint density at radius 3 is 2.35 bits per heavy atom. The molecule has 1 aliphatic heterocycles. The number of ether oxygens (including phenoxy) is 2. The van der Waals surface area contributed by atoms with Gasteiger partial charge in [-0.15, -0.1) is 0 Å². The maximum Gasteiger partial charge on any atom is 0.340 e. The molecule has 0 bridgehead atoms. The average molecular weight is 466 g/mol. The quantitative estimate of drug-likeness (QED) is 0.433. The fraction of sp³-hybridized carbons (Fsp3) is 0.364. The van der Waals surface area contributed by atoms with E-state index in [2.05, 4.69) is 0 Å². The molecular weight excluding hydrogens is 442 g/mol. The molecule has 0 atom stereocenters. The second kappa shape index (κ2) is 10.3. The number of benzene rings is 2. The first-order valence-electron chi connectivity index (χ1n) is 10.1. The van der Waals surface area contributed by atoms with Crippen molar-refractivity contribution in [1.29, 1.82) is 0 Å². The summed E-state index contributed by atoms with van der Waals surface area (Å²) in [5.74, 6) is -0.626. The van der Waals surface area contributed by atoms with E-state index in [9.17, 15) is 18.0 Å². The number of nitrogens with zero attached hydrogens (tertiary/aromatic N) is 1. The molecule has 1 saturated heterocycles. The van der Waals surface area contributed by atoms with Crippen LogP contribution in [0.3, 0.4) is 0 Å². The van der Waals surface area contributed by atoms with E-state index in [1.54, 1.807) is 24.3 Å². The summed E-state index contributed by atoms with van der Waals surface area (Å²) in [7, 11) is -3.73. The molecule has 0 amide bonds. The lowest BCUT2D eigenvalue weighted by molar-refractivity contribution is 0.0474. The molecule has 1 fully saturated rings. The van der Waals surface area contributed by atoms with Crippen molar-refractivity contribution < 1.29 is 27.5 Å². The van der Waals surface area contributed by atoms with Crippen LogP contribution in [0, 0.1) is 0 Å². The third-order valence-electron chi connectivity index (χ3n) is 4.93. The number of esters is 1. The Balaban J connectivity index is 1.70. The number of ketones is 1. The van der Waals surface area contributed by atoms with Crippen LogP contribution in [0.25, 0.3) is 0 Å². The molecule has 0 aromatic heterocycles. The van der Waals surface area contributed by atoms with Crippen molar-refractivity contribution in [2.24, 2.45) is 0 Å². The van der Waals surface area contributed by atoms with Crippen molar-refractivity contribution in [3.63, 3.8) is 0 Å². The van der Waals surface area contributed by atoms with Crippen LogP contribution in [0.4, 0.5) is 0 Å². The smallest absolute Gasteiger partial charge is 0.340 e. The molecule has 0 saturated carbocycles. The van der Waals surface area contributed by atoms with Gasteiger partial charge in [-0.2, -0.15) is 4.31 Å². The largest absolute Gasteiger partial charge is 0.494 e. The molecule has 0 radical (unpaired) electrons. The molecule has 0 spiro atoms. The van der Waals surface area contributed by atoms with Gasteiger partial charge >= 0.3 is 5.97 Å². The number of piperidine rings is 1. The standard InChI is InChI=1S/C22H24ClNO6S/c1-2-29-17-8-6-16(7-9-17)21(25)15-30-22(26)19-14-18(10-11-20(19)23)31(27,28)24-12-4-3-5-13-24/h6-11,14H,2-5,12-13,15H2,1H3. The van der Waals surface area contributed by atoms with Crippen molar-refractivity contribution in [3.05, 3.63) is 58.6 Å². The monoisotopic (exact) mass is 465 g/mol. The molecule has 2 aromatic rings. The second-order valence-corrected chi connectivity index (χ2v) is 9.41. The molecule has 2 aromatic carbocycles. The van der Waals surface area contributed by atoms with Crippen molar-refractivity contribution in [3.8, 4) is 5.75 Å². The molecular formula is C22H24ClNO6S. The lowest BCUT2D eigenvalue weighted by Gasteiger charge is -2.26. The Morgan fingerprint density at radius 2 is 1.71 bits per heavy atom. The van der Waals surface area contributed by atoms with E-state index in [0.717, 1.165) is 19.3 Å². The van der Waals surface area contributed by atoms with Crippen LogP contribution >= 0.6 is 11.6 Å². The number of carbonyl (C=O) groups excluding carboxylic acids is 2. The summed E-state index contributed by atoms with van der Waals surface area (Å²) in [6.07, 6.45) is 2.59. The van der Waals surface area contributed by atoms with E-state index in [-0.39, 0.29) is 15.5 Å². The molecule has 1 aliphatic rings. The molecule has 0 aliphatic carbocycles. The van der Waals surface area contributed by atoms with Crippen molar-refractivity contribution >= 4 is 33.4 Å². The average Bonchev–Trinajstić information content (AvgIpc) is 2.78. The van der Waals surface area contributed by atoms with Gasteiger partial charge in [0.05, 0.1) is 22.1 Å². The maximum atomic E-state index is 12.9. The lowest BCUT2D eigenvalue weighted by Crippen LogP contribution is -2.35. The number of hydrogen-bond donors (Lipinski definition) is 0. The van der Waals surface area contributed by atoms with Crippen LogP contribution < -0.4 is 4.74 Å². The summed E-state index contributed by atoms with van der Waals surface area (Å²) in [6, 6.07) is 10.4. The summed E-state index contributed by atoms with van der Waals surface area (Å²) < 4.78 is 37.6. The van der Waals surface area contributed by atoms with Crippen LogP contribution in [0.5, 0.6) is 5.75 Å². The van der Waals surface area contributed by atoms with Gasteiger partial charge in [0.15, 0.2) is 12.4 Å². The molecule has 0 N–H and O–H groups in total. The molecule has 0 unspecified atom stereocenters. The van der Waals surface area contributed by atoms with Gasteiger partial charge in [0.25, 0.3) is 0 Å². The summed E-state index contributed by atoms with van der Waals surface area (Å²) in [5.41, 5.74) is 0.267. The first kappa shape index (κ1) is 23.2. The zero-order valence-electron chi connectivity index (χ0n) is 17.2. The molecule has 1 heterocycles. The topological polar surface area (TPSA) is 90.0 Å². The fourth-order valence-electron chi connectivity index (χ4n) is 3.27. The molecule has 9 heteroatoms. The zero-order chi connectivity index (χ0) is 22.4. The molecule has 7 nitrogen and oxygen atoms in total. The van der Waals surface area contributed by atoms with E-state index in [0.29, 0.717) is 31.0 Å². The van der Waals surface area contributed by atoms with Crippen LogP contribution in [0.2, 0.25) is 5.02 Å². The predicted octanol–water partition coefficient (Wildman–Crippen LogP) is 3.95. The Kier molecular flexibility index (Phi) is 7.69. The van der Waals surface area contributed by atoms with Gasteiger partial charge in [0.2, 0.25) is 10.0 Å². The van der Waals surface area contributed by atoms with Crippen LogP contribution in [-0.2, 0) is 14.8 Å². The predicted molar refractivity (Wildman–Crippen MR) is 116 cm³/mol. The van der Waals surface area contributed by atoms with E-state index in [4.69, 9.17) is 21.1 Å². The highest BCUT2D eigenvalue weighted by molar-refractivity contribution is 7.89. The Morgan fingerprint density at radius 1 is 1.03 bits per heavy atom. The lowest BCUT2D eigenvalue weighted by atomic mass is 10.1. The van der Waals surface area contributed by atoms with Crippen molar-refractivity contribution in [2.75, 3.05) is 26.3 Å². The summed E-state index contributed by atoms with van der Waals surface area (Å²) in [6.45, 7) is 2.77. The first-order chi connectivity index (χ1) is 14.8. The Labute approximate surface area is 187 Å². The van der Waals surface area contributed by atoms with Gasteiger partial charge in [0, 0.05) is 18.7 Å². The molecule has 3 rings (SSSR count).